The zero-order valence-electron chi connectivity index (χ0n) is 15.9. The van der Waals surface area contributed by atoms with Crippen molar-refractivity contribution >= 4 is 20.9 Å². The highest BCUT2D eigenvalue weighted by Gasteiger charge is 2.24. The Balaban J connectivity index is 1.81. The molecule has 0 spiro atoms. The monoisotopic (exact) mass is 442 g/mol. The van der Waals surface area contributed by atoms with Crippen molar-refractivity contribution in [1.82, 2.24) is 3.97 Å². The van der Waals surface area contributed by atoms with E-state index < -0.39 is 33.2 Å². The van der Waals surface area contributed by atoms with E-state index in [4.69, 9.17) is 10.00 Å². The van der Waals surface area contributed by atoms with Gasteiger partial charge in [-0.3, -0.25) is 0 Å². The molecule has 0 aliphatic carbocycles. The Kier molecular flexibility index (Phi) is 4.95. The minimum atomic E-state index is -4.09. The Bertz CT molecular complexity index is 1470. The third kappa shape index (κ3) is 3.51. The zero-order valence-corrected chi connectivity index (χ0v) is 16.8. The van der Waals surface area contributed by atoms with Gasteiger partial charge in [0.25, 0.3) is 10.0 Å². The molecule has 0 unspecified atom stereocenters. The van der Waals surface area contributed by atoms with Gasteiger partial charge in [0.05, 0.1) is 16.0 Å². The van der Waals surface area contributed by atoms with E-state index in [2.05, 4.69) is 0 Å². The van der Waals surface area contributed by atoms with Gasteiger partial charge in [-0.25, -0.2) is 25.6 Å². The Morgan fingerprint density at radius 2 is 1.68 bits per heavy atom. The molecule has 0 saturated heterocycles. The third-order valence-electron chi connectivity index (χ3n) is 4.66. The molecule has 0 bridgehead atoms. The minimum absolute atomic E-state index is 0.0351. The van der Waals surface area contributed by atoms with Crippen LogP contribution in [0.25, 0.3) is 10.9 Å². The summed E-state index contributed by atoms with van der Waals surface area (Å²) in [5, 5.41) is 8.71. The molecule has 0 fully saturated rings. The van der Waals surface area contributed by atoms with Crippen LogP contribution in [-0.4, -0.2) is 12.4 Å². The molecule has 31 heavy (non-hydrogen) atoms. The molecule has 0 aliphatic rings. The molecule has 5 nitrogen and oxygen atoms in total. The predicted molar refractivity (Wildman–Crippen MR) is 107 cm³/mol. The van der Waals surface area contributed by atoms with E-state index in [1.807, 2.05) is 0 Å². The Morgan fingerprint density at radius 1 is 0.968 bits per heavy atom. The van der Waals surface area contributed by atoms with Crippen LogP contribution in [0, 0.1) is 35.7 Å². The van der Waals surface area contributed by atoms with Gasteiger partial charge in [0.15, 0.2) is 17.4 Å². The van der Waals surface area contributed by atoms with Crippen molar-refractivity contribution in [3.8, 4) is 17.6 Å². The van der Waals surface area contributed by atoms with E-state index in [-0.39, 0.29) is 27.1 Å². The first-order valence-corrected chi connectivity index (χ1v) is 10.3. The van der Waals surface area contributed by atoms with Gasteiger partial charge in [0.1, 0.15) is 17.6 Å². The van der Waals surface area contributed by atoms with E-state index >= 15 is 4.39 Å². The highest BCUT2D eigenvalue weighted by molar-refractivity contribution is 7.90. The summed E-state index contributed by atoms with van der Waals surface area (Å²) in [6, 6.07) is 12.7. The molecule has 0 saturated carbocycles. The van der Waals surface area contributed by atoms with Gasteiger partial charge in [-0.1, -0.05) is 17.7 Å². The van der Waals surface area contributed by atoms with Crippen molar-refractivity contribution in [3.63, 3.8) is 0 Å². The number of nitriles is 1. The summed E-state index contributed by atoms with van der Waals surface area (Å²) in [5.74, 6) is -4.04. The second-order valence-corrected chi connectivity index (χ2v) is 8.53. The first kappa shape index (κ1) is 20.5. The smallest absolute Gasteiger partial charge is 0.268 e. The second kappa shape index (κ2) is 7.49. The van der Waals surface area contributed by atoms with Gasteiger partial charge in [-0.15, -0.1) is 0 Å². The summed E-state index contributed by atoms with van der Waals surface area (Å²) < 4.78 is 75.1. The number of benzene rings is 3. The molecule has 4 rings (SSSR count). The quantitative estimate of drug-likeness (QED) is 0.432. The number of hydrogen-bond donors (Lipinski definition) is 0. The molecule has 4 aromatic rings. The van der Waals surface area contributed by atoms with Crippen molar-refractivity contribution in [1.29, 1.82) is 5.26 Å². The first-order chi connectivity index (χ1) is 14.7. The van der Waals surface area contributed by atoms with Crippen LogP contribution in [0.3, 0.4) is 0 Å². The van der Waals surface area contributed by atoms with Crippen molar-refractivity contribution in [3.05, 3.63) is 89.4 Å². The van der Waals surface area contributed by atoms with Gasteiger partial charge >= 0.3 is 0 Å². The van der Waals surface area contributed by atoms with Crippen LogP contribution in [0.15, 0.2) is 65.7 Å². The number of aromatic nitrogens is 1. The van der Waals surface area contributed by atoms with Crippen LogP contribution in [0.5, 0.6) is 11.5 Å². The van der Waals surface area contributed by atoms with Crippen LogP contribution < -0.4 is 4.74 Å². The van der Waals surface area contributed by atoms with E-state index in [1.165, 1.54) is 18.2 Å². The maximum atomic E-state index is 15.0. The summed E-state index contributed by atoms with van der Waals surface area (Å²) in [6.45, 7) is 1.80. The van der Waals surface area contributed by atoms with Crippen LogP contribution in [-0.2, 0) is 10.0 Å². The molecule has 0 N–H and O–H groups in total. The summed E-state index contributed by atoms with van der Waals surface area (Å²) in [6.07, 6.45) is 1.12. The van der Waals surface area contributed by atoms with Crippen LogP contribution >= 0.6 is 0 Å². The van der Waals surface area contributed by atoms with E-state index in [1.54, 1.807) is 25.1 Å². The maximum absolute atomic E-state index is 15.0. The lowest BCUT2D eigenvalue weighted by Gasteiger charge is -2.11. The number of nitrogens with zero attached hydrogens (tertiary/aromatic N) is 2. The molecule has 9 heteroatoms. The zero-order chi connectivity index (χ0) is 22.3. The van der Waals surface area contributed by atoms with Gasteiger partial charge in [0.2, 0.25) is 0 Å². The van der Waals surface area contributed by atoms with Crippen LogP contribution in [0.2, 0.25) is 0 Å². The number of aryl methyl sites for hydroxylation is 1. The standard InChI is InChI=1S/C22H13F3N2O3S/c1-13-2-5-16(6-3-13)31(28,29)27-9-8-17-20(27)11-19(24)22(21(17)25)30-15-4-7-18(23)14(10-15)12-26/h2-11H,1H3. The highest BCUT2D eigenvalue weighted by Crippen LogP contribution is 2.35. The molecule has 156 valence electrons. The number of hydrogen-bond acceptors (Lipinski definition) is 4. The number of fused-ring (bicyclic) bond motifs is 1. The third-order valence-corrected chi connectivity index (χ3v) is 6.37. The van der Waals surface area contributed by atoms with Gasteiger partial charge in [-0.2, -0.15) is 5.26 Å². The largest absolute Gasteiger partial charge is 0.451 e. The fourth-order valence-corrected chi connectivity index (χ4v) is 4.40. The number of rotatable bonds is 4. The number of ether oxygens (including phenoxy) is 1. The highest BCUT2D eigenvalue weighted by atomic mass is 32.2. The van der Waals surface area contributed by atoms with E-state index in [9.17, 15) is 17.2 Å². The lowest BCUT2D eigenvalue weighted by Crippen LogP contribution is -2.12. The van der Waals surface area contributed by atoms with Gasteiger partial charge in [0, 0.05) is 23.7 Å². The summed E-state index contributed by atoms with van der Waals surface area (Å²) >= 11 is 0. The Hall–Kier alpha value is -3.77. The minimum Gasteiger partial charge on any atom is -0.451 e. The van der Waals surface area contributed by atoms with Crippen molar-refractivity contribution in [2.45, 2.75) is 11.8 Å². The average molecular weight is 442 g/mol. The maximum Gasteiger partial charge on any atom is 0.268 e. The van der Waals surface area contributed by atoms with Crippen molar-refractivity contribution < 1.29 is 26.3 Å². The van der Waals surface area contributed by atoms with Crippen LogP contribution in [0.1, 0.15) is 11.1 Å². The lowest BCUT2D eigenvalue weighted by atomic mass is 10.2. The molecule has 0 atom stereocenters. The first-order valence-electron chi connectivity index (χ1n) is 8.91. The van der Waals surface area contributed by atoms with Crippen LogP contribution in [0.4, 0.5) is 13.2 Å². The molecular formula is C22H13F3N2O3S. The second-order valence-electron chi connectivity index (χ2n) is 6.72. The normalized spacial score (nSPS) is 11.5. The molecule has 1 heterocycles. The SMILES string of the molecule is Cc1ccc(S(=O)(=O)n2ccc3c(F)c(Oc4ccc(F)c(C#N)c4)c(F)cc32)cc1. The number of halogens is 3. The van der Waals surface area contributed by atoms with Gasteiger partial charge in [-0.05, 0) is 37.3 Å². The molecule has 0 amide bonds. The Labute approximate surface area is 175 Å². The summed E-state index contributed by atoms with van der Waals surface area (Å²) in [7, 11) is -4.09. The van der Waals surface area contributed by atoms with Gasteiger partial charge < -0.3 is 4.74 Å². The topological polar surface area (TPSA) is 72.1 Å². The lowest BCUT2D eigenvalue weighted by molar-refractivity contribution is 0.410. The van der Waals surface area contributed by atoms with E-state index in [0.717, 1.165) is 40.0 Å². The molecule has 1 aromatic heterocycles. The average Bonchev–Trinajstić information content (AvgIpc) is 3.17. The van der Waals surface area contributed by atoms with E-state index in [0.29, 0.717) is 0 Å². The Morgan fingerprint density at radius 3 is 2.35 bits per heavy atom. The fraction of sp³-hybridized carbons (Fsp3) is 0.0455. The fourth-order valence-electron chi connectivity index (χ4n) is 3.06. The molecular weight excluding hydrogens is 429 g/mol. The predicted octanol–water partition coefficient (Wildman–Crippen LogP) is 5.27. The van der Waals surface area contributed by atoms with Crippen molar-refractivity contribution in [2.75, 3.05) is 0 Å². The molecule has 0 radical (unpaired) electrons. The molecule has 0 aliphatic heterocycles. The summed E-state index contributed by atoms with van der Waals surface area (Å²) in [5.41, 5.74) is 0.296. The summed E-state index contributed by atoms with van der Waals surface area (Å²) in [4.78, 5) is -0.0351. The van der Waals surface area contributed by atoms with Crippen molar-refractivity contribution in [2.24, 2.45) is 0 Å². The molecule has 3 aromatic carbocycles.